The predicted octanol–water partition coefficient (Wildman–Crippen LogP) is 3.04. The molecule has 0 aliphatic heterocycles. The molecule has 1 amide bonds. The molecule has 0 atom stereocenters. The summed E-state index contributed by atoms with van der Waals surface area (Å²) < 4.78 is 24.1. The third-order valence-corrected chi connectivity index (χ3v) is 3.05. The number of hydrogen-bond donors (Lipinski definition) is 1. The van der Waals surface area contributed by atoms with Gasteiger partial charge in [0, 0.05) is 11.6 Å². The summed E-state index contributed by atoms with van der Waals surface area (Å²) in [5, 5.41) is 2.67. The van der Waals surface area contributed by atoms with Crippen molar-refractivity contribution in [2.24, 2.45) is 0 Å². The summed E-state index contributed by atoms with van der Waals surface area (Å²) in [5.41, 5.74) is 0.368. The minimum Gasteiger partial charge on any atom is -0.493 e. The molecule has 0 heterocycles. The first-order valence-electron chi connectivity index (χ1n) is 7.17. The van der Waals surface area contributed by atoms with E-state index in [2.05, 4.69) is 5.32 Å². The lowest BCUT2D eigenvalue weighted by atomic mass is 10.2. The average molecular weight is 315 g/mol. The molecule has 2 aromatic carbocycles. The van der Waals surface area contributed by atoms with E-state index in [0.29, 0.717) is 30.2 Å². The lowest BCUT2D eigenvalue weighted by Crippen LogP contribution is -2.26. The molecular weight excluding hydrogens is 297 g/mol. The number of hydrogen-bond acceptors (Lipinski definition) is 3. The molecule has 0 bridgehead atoms. The van der Waals surface area contributed by atoms with Crippen LogP contribution in [0.2, 0.25) is 0 Å². The van der Waals surface area contributed by atoms with Gasteiger partial charge in [-0.05, 0) is 24.3 Å². The van der Waals surface area contributed by atoms with Gasteiger partial charge in [-0.25, -0.2) is 4.39 Å². The van der Waals surface area contributed by atoms with Gasteiger partial charge in [-0.15, -0.1) is 0 Å². The highest BCUT2D eigenvalue weighted by atomic mass is 19.1. The van der Waals surface area contributed by atoms with Crippen molar-refractivity contribution in [3.05, 3.63) is 66.0 Å². The molecule has 120 valence electrons. The van der Waals surface area contributed by atoms with Crippen molar-refractivity contribution in [2.45, 2.75) is 0 Å². The van der Waals surface area contributed by atoms with Crippen LogP contribution in [0, 0.1) is 5.82 Å². The molecule has 2 aromatic rings. The van der Waals surface area contributed by atoms with Gasteiger partial charge in [0.15, 0.2) is 11.5 Å². The quantitative estimate of drug-likeness (QED) is 0.631. The van der Waals surface area contributed by atoms with Crippen LogP contribution in [0.25, 0.3) is 6.08 Å². The Balaban J connectivity index is 1.76. The first kappa shape index (κ1) is 16.5. The number of nitrogens with one attached hydrogen (secondary N) is 1. The first-order valence-corrected chi connectivity index (χ1v) is 7.17. The second-order valence-electron chi connectivity index (χ2n) is 4.65. The molecule has 0 fully saturated rings. The SMILES string of the molecule is COc1ccccc1OCCNC(=O)/C=C/c1ccccc1F. The van der Waals surface area contributed by atoms with Gasteiger partial charge in [0.1, 0.15) is 12.4 Å². The summed E-state index contributed by atoms with van der Waals surface area (Å²) in [5.74, 6) is 0.581. The molecule has 0 aliphatic rings. The van der Waals surface area contributed by atoms with Gasteiger partial charge >= 0.3 is 0 Å². The van der Waals surface area contributed by atoms with Crippen LogP contribution in [0.15, 0.2) is 54.6 Å². The predicted molar refractivity (Wildman–Crippen MR) is 86.9 cm³/mol. The summed E-state index contributed by atoms with van der Waals surface area (Å²) in [6, 6.07) is 13.5. The molecule has 2 rings (SSSR count). The molecular formula is C18H18FNO3. The molecule has 4 nitrogen and oxygen atoms in total. The number of benzene rings is 2. The zero-order chi connectivity index (χ0) is 16.5. The van der Waals surface area contributed by atoms with Crippen LogP contribution >= 0.6 is 0 Å². The van der Waals surface area contributed by atoms with Crippen molar-refractivity contribution < 1.29 is 18.7 Å². The highest BCUT2D eigenvalue weighted by Crippen LogP contribution is 2.25. The van der Waals surface area contributed by atoms with Gasteiger partial charge in [0.05, 0.1) is 13.7 Å². The monoisotopic (exact) mass is 315 g/mol. The molecule has 0 aromatic heterocycles. The fraction of sp³-hybridized carbons (Fsp3) is 0.167. The van der Waals surface area contributed by atoms with E-state index in [-0.39, 0.29) is 11.7 Å². The number of halogens is 1. The largest absolute Gasteiger partial charge is 0.493 e. The third-order valence-electron chi connectivity index (χ3n) is 3.05. The number of carbonyl (C=O) groups is 1. The topological polar surface area (TPSA) is 47.6 Å². The minimum absolute atomic E-state index is 0.305. The third kappa shape index (κ3) is 5.14. The molecule has 0 radical (unpaired) electrons. The molecule has 1 N–H and O–H groups in total. The number of ether oxygens (including phenoxy) is 2. The summed E-state index contributed by atoms with van der Waals surface area (Å²) in [6.45, 7) is 0.637. The van der Waals surface area contributed by atoms with E-state index in [4.69, 9.17) is 9.47 Å². The Hall–Kier alpha value is -2.82. The van der Waals surface area contributed by atoms with Crippen LogP contribution in [-0.4, -0.2) is 26.2 Å². The first-order chi connectivity index (χ1) is 11.2. The molecule has 0 aliphatic carbocycles. The van der Waals surface area contributed by atoms with Gasteiger partial charge in [0.25, 0.3) is 0 Å². The van der Waals surface area contributed by atoms with Gasteiger partial charge in [-0.2, -0.15) is 0 Å². The fourth-order valence-corrected chi connectivity index (χ4v) is 1.91. The van der Waals surface area contributed by atoms with Crippen molar-refractivity contribution in [2.75, 3.05) is 20.3 Å². The van der Waals surface area contributed by atoms with E-state index in [1.54, 1.807) is 37.4 Å². The smallest absolute Gasteiger partial charge is 0.244 e. The highest BCUT2D eigenvalue weighted by molar-refractivity contribution is 5.91. The average Bonchev–Trinajstić information content (AvgIpc) is 2.58. The van der Waals surface area contributed by atoms with E-state index < -0.39 is 0 Å². The summed E-state index contributed by atoms with van der Waals surface area (Å²) in [6.07, 6.45) is 2.73. The molecule has 0 unspecified atom stereocenters. The number of rotatable bonds is 7. The van der Waals surface area contributed by atoms with Gasteiger partial charge in [-0.3, -0.25) is 4.79 Å². The number of carbonyl (C=O) groups excluding carboxylic acids is 1. The summed E-state index contributed by atoms with van der Waals surface area (Å²) in [7, 11) is 1.57. The molecule has 23 heavy (non-hydrogen) atoms. The van der Waals surface area contributed by atoms with Crippen molar-refractivity contribution in [1.29, 1.82) is 0 Å². The summed E-state index contributed by atoms with van der Waals surface area (Å²) in [4.78, 5) is 11.7. The van der Waals surface area contributed by atoms with E-state index in [0.717, 1.165) is 0 Å². The van der Waals surface area contributed by atoms with Crippen molar-refractivity contribution in [1.82, 2.24) is 5.32 Å². The van der Waals surface area contributed by atoms with Gasteiger partial charge in [0.2, 0.25) is 5.91 Å². The zero-order valence-electron chi connectivity index (χ0n) is 12.8. The Morgan fingerprint density at radius 2 is 1.83 bits per heavy atom. The Morgan fingerprint density at radius 1 is 1.13 bits per heavy atom. The number of methoxy groups -OCH3 is 1. The minimum atomic E-state index is -0.365. The standard InChI is InChI=1S/C18H18FNO3/c1-22-16-8-4-5-9-17(16)23-13-12-20-18(21)11-10-14-6-2-3-7-15(14)19/h2-11H,12-13H2,1H3,(H,20,21)/b11-10+. The van der Waals surface area contributed by atoms with Crippen molar-refractivity contribution in [3.63, 3.8) is 0 Å². The normalized spacial score (nSPS) is 10.5. The molecule has 0 saturated carbocycles. The second kappa shape index (κ2) is 8.58. The van der Waals surface area contributed by atoms with E-state index in [1.165, 1.54) is 18.2 Å². The number of amides is 1. The van der Waals surface area contributed by atoms with E-state index in [1.807, 2.05) is 12.1 Å². The Bertz CT molecular complexity index is 685. The van der Waals surface area contributed by atoms with Crippen LogP contribution in [0.3, 0.4) is 0 Å². The maximum Gasteiger partial charge on any atom is 0.244 e. The lowest BCUT2D eigenvalue weighted by Gasteiger charge is -2.10. The zero-order valence-corrected chi connectivity index (χ0v) is 12.8. The maximum atomic E-state index is 13.4. The highest BCUT2D eigenvalue weighted by Gasteiger charge is 2.02. The molecule has 0 saturated heterocycles. The Kier molecular flexibility index (Phi) is 6.17. The van der Waals surface area contributed by atoms with Gasteiger partial charge in [-0.1, -0.05) is 30.3 Å². The van der Waals surface area contributed by atoms with Gasteiger partial charge < -0.3 is 14.8 Å². The van der Waals surface area contributed by atoms with E-state index in [9.17, 15) is 9.18 Å². The second-order valence-corrected chi connectivity index (χ2v) is 4.65. The Morgan fingerprint density at radius 3 is 2.57 bits per heavy atom. The van der Waals surface area contributed by atoms with Crippen molar-refractivity contribution in [3.8, 4) is 11.5 Å². The molecule has 0 spiro atoms. The number of para-hydroxylation sites is 2. The molecule has 5 heteroatoms. The summed E-state index contributed by atoms with van der Waals surface area (Å²) >= 11 is 0. The fourth-order valence-electron chi connectivity index (χ4n) is 1.91. The van der Waals surface area contributed by atoms with Crippen LogP contribution in [-0.2, 0) is 4.79 Å². The van der Waals surface area contributed by atoms with Crippen molar-refractivity contribution >= 4 is 12.0 Å². The van der Waals surface area contributed by atoms with Crippen LogP contribution in [0.4, 0.5) is 4.39 Å². The van der Waals surface area contributed by atoms with Crippen LogP contribution in [0.1, 0.15) is 5.56 Å². The van der Waals surface area contributed by atoms with Crippen LogP contribution < -0.4 is 14.8 Å². The Labute approximate surface area is 134 Å². The van der Waals surface area contributed by atoms with E-state index >= 15 is 0 Å². The van der Waals surface area contributed by atoms with Crippen LogP contribution in [0.5, 0.6) is 11.5 Å². The maximum absolute atomic E-state index is 13.4. The lowest BCUT2D eigenvalue weighted by molar-refractivity contribution is -0.116.